The van der Waals surface area contributed by atoms with Gasteiger partial charge < -0.3 is 9.88 Å². The molecule has 0 radical (unpaired) electrons. The number of nitrogens with zero attached hydrogens (tertiary/aromatic N) is 2. The lowest BCUT2D eigenvalue weighted by molar-refractivity contribution is -0.181. The van der Waals surface area contributed by atoms with Crippen molar-refractivity contribution in [2.45, 2.75) is 12.7 Å². The normalized spacial score (nSPS) is 21.0. The van der Waals surface area contributed by atoms with Crippen LogP contribution in [0.1, 0.15) is 5.56 Å². The molecule has 0 aliphatic carbocycles. The fourth-order valence-corrected chi connectivity index (χ4v) is 2.84. The van der Waals surface area contributed by atoms with Crippen LogP contribution in [0.5, 0.6) is 0 Å². The summed E-state index contributed by atoms with van der Waals surface area (Å²) < 4.78 is 40.6. The predicted molar refractivity (Wildman–Crippen MR) is 82.3 cm³/mol. The number of carbonyl (C=O) groups is 1. The summed E-state index contributed by atoms with van der Waals surface area (Å²) in [6, 6.07) is 9.52. The molecule has 8 heteroatoms. The number of carbonyl (C=O) groups excluding carboxylic acids is 1. The quantitative estimate of drug-likeness (QED) is 0.899. The topological polar surface area (TPSA) is 59.0 Å². The van der Waals surface area contributed by atoms with Crippen LogP contribution in [0.2, 0.25) is 0 Å². The third-order valence-electron chi connectivity index (χ3n) is 4.12. The Kier molecular flexibility index (Phi) is 4.57. The van der Waals surface area contributed by atoms with Crippen molar-refractivity contribution >= 4 is 11.9 Å². The fraction of sp³-hybridized carbons (Fsp3) is 0.375. The van der Waals surface area contributed by atoms with Gasteiger partial charge in [-0.05, 0) is 5.56 Å². The molecule has 0 spiro atoms. The van der Waals surface area contributed by atoms with Gasteiger partial charge in [0.1, 0.15) is 0 Å². The zero-order valence-electron chi connectivity index (χ0n) is 12.8. The molecule has 0 bridgehead atoms. The third-order valence-corrected chi connectivity index (χ3v) is 4.12. The van der Waals surface area contributed by atoms with E-state index in [1.165, 1.54) is 6.20 Å². The minimum atomic E-state index is -4.40. The number of aromatic nitrogens is 2. The summed E-state index contributed by atoms with van der Waals surface area (Å²) >= 11 is 0. The number of halogens is 3. The van der Waals surface area contributed by atoms with Crippen LogP contribution in [0.4, 0.5) is 19.1 Å². The van der Waals surface area contributed by atoms with Crippen LogP contribution in [-0.2, 0) is 11.3 Å². The summed E-state index contributed by atoms with van der Waals surface area (Å²) in [6.45, 7) is 0.248. The van der Waals surface area contributed by atoms with Crippen molar-refractivity contribution in [3.8, 4) is 0 Å². The molecule has 2 atom stereocenters. The molecule has 1 aromatic heterocycles. The van der Waals surface area contributed by atoms with Gasteiger partial charge in [-0.1, -0.05) is 30.3 Å². The number of nitrogens with one attached hydrogen (secondary N) is 2. The molecular formula is C16H17F3N4O. The van der Waals surface area contributed by atoms with E-state index in [0.29, 0.717) is 6.54 Å². The Morgan fingerprint density at radius 1 is 1.29 bits per heavy atom. The predicted octanol–water partition coefficient (Wildman–Crippen LogP) is 2.27. The average Bonchev–Trinajstić information content (AvgIpc) is 3.17. The lowest BCUT2D eigenvalue weighted by atomic mass is 9.95. The number of benzene rings is 1. The van der Waals surface area contributed by atoms with Gasteiger partial charge in [-0.2, -0.15) is 13.2 Å². The molecule has 2 heterocycles. The largest absolute Gasteiger partial charge is 0.393 e. The molecule has 1 aliphatic rings. The van der Waals surface area contributed by atoms with Gasteiger partial charge in [0.15, 0.2) is 0 Å². The highest BCUT2D eigenvalue weighted by Crippen LogP contribution is 2.34. The zero-order chi connectivity index (χ0) is 17.2. The Morgan fingerprint density at radius 3 is 2.75 bits per heavy atom. The molecular weight excluding hydrogens is 321 g/mol. The lowest BCUT2D eigenvalue weighted by Gasteiger charge is -2.20. The number of hydrogen-bond acceptors (Lipinski definition) is 3. The minimum absolute atomic E-state index is 0.00933. The Bertz CT molecular complexity index is 699. The molecule has 2 N–H and O–H groups in total. The monoisotopic (exact) mass is 338 g/mol. The first-order valence-corrected chi connectivity index (χ1v) is 7.58. The second kappa shape index (κ2) is 6.64. The molecule has 5 nitrogen and oxygen atoms in total. The number of hydrogen-bond donors (Lipinski definition) is 2. The van der Waals surface area contributed by atoms with Gasteiger partial charge in [-0.25, -0.2) is 4.98 Å². The van der Waals surface area contributed by atoms with E-state index >= 15 is 0 Å². The summed E-state index contributed by atoms with van der Waals surface area (Å²) in [5.41, 5.74) is 1.00. The standard InChI is InChI=1S/C16H17F3N4O/c17-16(18,19)13-9-20-8-12(13)14(24)22-15-21-6-7-23(15)10-11-4-2-1-3-5-11/h1-7,12-13,20H,8-10H2,(H,21,22,24)/t12-,13-/m1/s1. The molecule has 1 saturated heterocycles. The van der Waals surface area contributed by atoms with Crippen molar-refractivity contribution in [3.05, 3.63) is 48.3 Å². The number of alkyl halides is 3. The van der Waals surface area contributed by atoms with Gasteiger partial charge in [-0.15, -0.1) is 0 Å². The maximum Gasteiger partial charge on any atom is 0.393 e. The second-order valence-corrected chi connectivity index (χ2v) is 5.77. The van der Waals surface area contributed by atoms with Gasteiger partial charge in [0.05, 0.1) is 18.4 Å². The van der Waals surface area contributed by atoms with Crippen LogP contribution in [-0.4, -0.2) is 34.7 Å². The second-order valence-electron chi connectivity index (χ2n) is 5.77. The van der Waals surface area contributed by atoms with Gasteiger partial charge in [-0.3, -0.25) is 10.1 Å². The van der Waals surface area contributed by atoms with E-state index in [-0.39, 0.29) is 19.0 Å². The Hall–Kier alpha value is -2.35. The molecule has 1 aliphatic heterocycles. The maximum atomic E-state index is 13.0. The van der Waals surface area contributed by atoms with Crippen molar-refractivity contribution < 1.29 is 18.0 Å². The van der Waals surface area contributed by atoms with Crippen LogP contribution < -0.4 is 10.6 Å². The SMILES string of the molecule is O=C(Nc1nccn1Cc1ccccc1)[C@@H]1CNC[C@H]1C(F)(F)F. The summed E-state index contributed by atoms with van der Waals surface area (Å²) in [4.78, 5) is 16.3. The Balaban J connectivity index is 1.70. The first-order valence-electron chi connectivity index (χ1n) is 7.58. The van der Waals surface area contributed by atoms with E-state index in [2.05, 4.69) is 15.6 Å². The first kappa shape index (κ1) is 16.5. The minimum Gasteiger partial charge on any atom is -0.315 e. The highest BCUT2D eigenvalue weighted by atomic mass is 19.4. The molecule has 1 amide bonds. The molecule has 0 unspecified atom stereocenters. The van der Waals surface area contributed by atoms with E-state index in [4.69, 9.17) is 0 Å². The van der Waals surface area contributed by atoms with E-state index < -0.39 is 23.9 Å². The van der Waals surface area contributed by atoms with Crippen LogP contribution >= 0.6 is 0 Å². The van der Waals surface area contributed by atoms with Crippen LogP contribution in [0.15, 0.2) is 42.7 Å². The summed E-state index contributed by atoms with van der Waals surface area (Å²) in [7, 11) is 0. The molecule has 3 rings (SSSR count). The van der Waals surface area contributed by atoms with Crippen molar-refractivity contribution in [1.29, 1.82) is 0 Å². The van der Waals surface area contributed by atoms with E-state index in [1.54, 1.807) is 10.8 Å². The summed E-state index contributed by atoms with van der Waals surface area (Å²) in [6.07, 6.45) is -1.21. The Morgan fingerprint density at radius 2 is 2.04 bits per heavy atom. The third kappa shape index (κ3) is 3.59. The van der Waals surface area contributed by atoms with Crippen LogP contribution in [0, 0.1) is 11.8 Å². The van der Waals surface area contributed by atoms with Crippen molar-refractivity contribution in [2.75, 3.05) is 18.4 Å². The summed E-state index contributed by atoms with van der Waals surface area (Å²) in [5.74, 6) is -3.23. The number of imidazole rings is 1. The van der Waals surface area contributed by atoms with E-state index in [1.807, 2.05) is 30.3 Å². The molecule has 128 valence electrons. The molecule has 1 fully saturated rings. The van der Waals surface area contributed by atoms with Gasteiger partial charge >= 0.3 is 6.18 Å². The fourth-order valence-electron chi connectivity index (χ4n) is 2.84. The smallest absolute Gasteiger partial charge is 0.315 e. The highest BCUT2D eigenvalue weighted by Gasteiger charge is 2.49. The van der Waals surface area contributed by atoms with Crippen LogP contribution in [0.3, 0.4) is 0 Å². The molecule has 1 aromatic carbocycles. The van der Waals surface area contributed by atoms with Gasteiger partial charge in [0.2, 0.25) is 11.9 Å². The van der Waals surface area contributed by atoms with Crippen molar-refractivity contribution in [1.82, 2.24) is 14.9 Å². The highest BCUT2D eigenvalue weighted by molar-refractivity contribution is 5.91. The zero-order valence-corrected chi connectivity index (χ0v) is 12.8. The molecule has 24 heavy (non-hydrogen) atoms. The number of rotatable bonds is 4. The van der Waals surface area contributed by atoms with Gasteiger partial charge in [0.25, 0.3) is 0 Å². The van der Waals surface area contributed by atoms with E-state index in [0.717, 1.165) is 5.56 Å². The van der Waals surface area contributed by atoms with Crippen molar-refractivity contribution in [3.63, 3.8) is 0 Å². The maximum absolute atomic E-state index is 13.0. The molecule has 0 saturated carbocycles. The van der Waals surface area contributed by atoms with E-state index in [9.17, 15) is 18.0 Å². The number of amides is 1. The van der Waals surface area contributed by atoms with Crippen molar-refractivity contribution in [2.24, 2.45) is 11.8 Å². The summed E-state index contributed by atoms with van der Waals surface area (Å²) in [5, 5.41) is 5.16. The average molecular weight is 338 g/mol. The van der Waals surface area contributed by atoms with Crippen LogP contribution in [0.25, 0.3) is 0 Å². The first-order chi connectivity index (χ1) is 11.4. The Labute approximate surface area is 136 Å². The molecule has 2 aromatic rings. The van der Waals surface area contributed by atoms with Gasteiger partial charge in [0, 0.05) is 25.5 Å². The number of anilines is 1. The lowest BCUT2D eigenvalue weighted by Crippen LogP contribution is -2.37.